The summed E-state index contributed by atoms with van der Waals surface area (Å²) < 4.78 is 0. The standard InChI is InChI=1S/C26H40O7/c1-14(2)10-20(29)24(5,31)19-7-9-25(32)16-11-21(30)26(33)13-18(28)17(27)12-23(26,4)15(16)6-8-22(19,25)3/h6,11,14,17-20,27-29,31-33H,7-10,12-13H2,1-5H3/t17-,18+,19-,20+,22+,23+,24+,25+,26+/m0/s1. The third-order valence-corrected chi connectivity index (χ3v) is 9.81. The molecule has 6 N–H and O–H groups in total. The molecule has 0 aromatic rings. The van der Waals surface area contributed by atoms with Gasteiger partial charge in [-0.15, -0.1) is 0 Å². The number of carbonyl (C=O) groups excluding carboxylic acids is 1. The summed E-state index contributed by atoms with van der Waals surface area (Å²) in [6.07, 6.45) is 1.35. The number of carbonyl (C=O) groups is 1. The first-order chi connectivity index (χ1) is 15.0. The summed E-state index contributed by atoms with van der Waals surface area (Å²) in [5, 5.41) is 66.5. The maximum absolute atomic E-state index is 13.3. The molecular weight excluding hydrogens is 424 g/mol. The van der Waals surface area contributed by atoms with Gasteiger partial charge in [-0.05, 0) is 68.1 Å². The number of rotatable bonds is 4. The van der Waals surface area contributed by atoms with Crippen LogP contribution in [0.15, 0.2) is 23.3 Å². The van der Waals surface area contributed by atoms with Crippen molar-refractivity contribution in [2.75, 3.05) is 0 Å². The van der Waals surface area contributed by atoms with Crippen LogP contribution in [0, 0.1) is 22.7 Å². The first-order valence-corrected chi connectivity index (χ1v) is 12.2. The van der Waals surface area contributed by atoms with Crippen molar-refractivity contribution in [3.8, 4) is 0 Å². The Morgan fingerprint density at radius 2 is 1.70 bits per heavy atom. The molecule has 7 nitrogen and oxygen atoms in total. The monoisotopic (exact) mass is 464 g/mol. The normalized spacial score (nSPS) is 47.8. The van der Waals surface area contributed by atoms with Gasteiger partial charge in [-0.1, -0.05) is 33.8 Å². The molecule has 0 spiro atoms. The first-order valence-electron chi connectivity index (χ1n) is 12.2. The van der Waals surface area contributed by atoms with Crippen molar-refractivity contribution in [3.05, 3.63) is 23.3 Å². The van der Waals surface area contributed by atoms with Crippen LogP contribution < -0.4 is 0 Å². The Labute approximate surface area is 195 Å². The summed E-state index contributed by atoms with van der Waals surface area (Å²) in [4.78, 5) is 13.3. The number of hydrogen-bond acceptors (Lipinski definition) is 7. The number of aliphatic hydroxyl groups is 6. The summed E-state index contributed by atoms with van der Waals surface area (Å²) in [6, 6.07) is 0. The molecule has 0 bridgehead atoms. The van der Waals surface area contributed by atoms with Gasteiger partial charge in [0.1, 0.15) is 5.60 Å². The van der Waals surface area contributed by atoms with Gasteiger partial charge in [-0.25, -0.2) is 0 Å². The molecule has 2 fully saturated rings. The van der Waals surface area contributed by atoms with Gasteiger partial charge >= 0.3 is 0 Å². The average molecular weight is 465 g/mol. The Hall–Kier alpha value is -1.09. The van der Waals surface area contributed by atoms with Crippen LogP contribution in [0.1, 0.15) is 73.1 Å². The average Bonchev–Trinajstić information content (AvgIpc) is 2.97. The fourth-order valence-corrected chi connectivity index (χ4v) is 7.56. The lowest BCUT2D eigenvalue weighted by Crippen LogP contribution is -2.66. The topological polar surface area (TPSA) is 138 Å². The van der Waals surface area contributed by atoms with E-state index in [9.17, 15) is 35.4 Å². The third kappa shape index (κ3) is 3.13. The Kier molecular flexibility index (Phi) is 5.65. The fraction of sp³-hybridized carbons (Fsp3) is 0.808. The van der Waals surface area contributed by atoms with Gasteiger partial charge < -0.3 is 30.6 Å². The highest BCUT2D eigenvalue weighted by Crippen LogP contribution is 2.67. The lowest BCUT2D eigenvalue weighted by Gasteiger charge is -2.59. The van der Waals surface area contributed by atoms with Gasteiger partial charge in [0.2, 0.25) is 0 Å². The van der Waals surface area contributed by atoms with Gasteiger partial charge in [-0.2, -0.15) is 0 Å². The summed E-state index contributed by atoms with van der Waals surface area (Å²) in [5.41, 5.74) is -5.62. The van der Waals surface area contributed by atoms with E-state index in [1.54, 1.807) is 13.8 Å². The third-order valence-electron chi connectivity index (χ3n) is 9.81. The molecule has 4 aliphatic carbocycles. The Balaban J connectivity index is 1.79. The Morgan fingerprint density at radius 1 is 1.09 bits per heavy atom. The largest absolute Gasteiger partial charge is 0.390 e. The SMILES string of the molecule is CC(C)C[C@@H](O)[C@](C)(O)[C@H]1CC[C@@]2(O)C3=CC(=O)[C@]4(O)C[C@@H](O)[C@@H](O)C[C@]4(C)C3=CC[C@]12C. The van der Waals surface area contributed by atoms with Crippen LogP contribution in [0.4, 0.5) is 0 Å². The molecule has 0 unspecified atom stereocenters. The Morgan fingerprint density at radius 3 is 2.30 bits per heavy atom. The van der Waals surface area contributed by atoms with E-state index in [0.29, 0.717) is 36.8 Å². The number of ketones is 1. The lowest BCUT2D eigenvalue weighted by atomic mass is 9.48. The van der Waals surface area contributed by atoms with Crippen LogP contribution >= 0.6 is 0 Å². The van der Waals surface area contributed by atoms with Crippen molar-refractivity contribution in [2.24, 2.45) is 22.7 Å². The van der Waals surface area contributed by atoms with Crippen molar-refractivity contribution in [3.63, 3.8) is 0 Å². The molecule has 0 aliphatic heterocycles. The molecule has 33 heavy (non-hydrogen) atoms. The molecule has 7 heteroatoms. The predicted octanol–water partition coefficient (Wildman–Crippen LogP) is 1.38. The van der Waals surface area contributed by atoms with E-state index in [4.69, 9.17) is 0 Å². The van der Waals surface area contributed by atoms with E-state index in [1.165, 1.54) is 6.08 Å². The maximum atomic E-state index is 13.3. The molecule has 186 valence electrons. The maximum Gasteiger partial charge on any atom is 0.188 e. The van der Waals surface area contributed by atoms with Gasteiger partial charge in [0.05, 0.1) is 29.5 Å². The number of allylic oxidation sites excluding steroid dienone is 1. The molecule has 4 aliphatic rings. The zero-order chi connectivity index (χ0) is 24.8. The summed E-state index contributed by atoms with van der Waals surface area (Å²) in [7, 11) is 0. The lowest BCUT2D eigenvalue weighted by molar-refractivity contribution is -0.180. The van der Waals surface area contributed by atoms with E-state index in [-0.39, 0.29) is 18.8 Å². The smallest absolute Gasteiger partial charge is 0.188 e. The minimum atomic E-state index is -1.86. The summed E-state index contributed by atoms with van der Waals surface area (Å²) >= 11 is 0. The van der Waals surface area contributed by atoms with Gasteiger partial charge in [0.25, 0.3) is 0 Å². The second kappa shape index (κ2) is 7.45. The van der Waals surface area contributed by atoms with E-state index in [0.717, 1.165) is 0 Å². The van der Waals surface area contributed by atoms with Crippen LogP contribution in [-0.2, 0) is 4.79 Å². The summed E-state index contributed by atoms with van der Waals surface area (Å²) in [5.74, 6) is -0.789. The second-order valence-corrected chi connectivity index (χ2v) is 12.2. The second-order valence-electron chi connectivity index (χ2n) is 12.2. The molecule has 0 heterocycles. The number of fused-ring (bicyclic) bond motifs is 5. The van der Waals surface area contributed by atoms with E-state index < -0.39 is 57.6 Å². The molecule has 9 atom stereocenters. The fourth-order valence-electron chi connectivity index (χ4n) is 7.56. The molecule has 0 aromatic heterocycles. The van der Waals surface area contributed by atoms with Gasteiger partial charge in [0, 0.05) is 17.3 Å². The molecule has 0 aromatic carbocycles. The molecule has 4 rings (SSSR count). The van der Waals surface area contributed by atoms with Crippen molar-refractivity contribution >= 4 is 5.78 Å². The van der Waals surface area contributed by atoms with Crippen molar-refractivity contribution in [2.45, 2.75) is 108 Å². The highest BCUT2D eigenvalue weighted by atomic mass is 16.3. The van der Waals surface area contributed by atoms with E-state index in [1.807, 2.05) is 26.8 Å². The molecule has 0 amide bonds. The highest BCUT2D eigenvalue weighted by Gasteiger charge is 2.69. The number of hydrogen-bond donors (Lipinski definition) is 6. The predicted molar refractivity (Wildman–Crippen MR) is 122 cm³/mol. The quantitative estimate of drug-likeness (QED) is 0.370. The summed E-state index contributed by atoms with van der Waals surface area (Å²) in [6.45, 7) is 9.23. The van der Waals surface area contributed by atoms with Crippen LogP contribution in [0.5, 0.6) is 0 Å². The zero-order valence-corrected chi connectivity index (χ0v) is 20.4. The van der Waals surface area contributed by atoms with Crippen LogP contribution in [0.2, 0.25) is 0 Å². The van der Waals surface area contributed by atoms with E-state index in [2.05, 4.69) is 0 Å². The van der Waals surface area contributed by atoms with E-state index >= 15 is 0 Å². The van der Waals surface area contributed by atoms with Gasteiger partial charge in [0.15, 0.2) is 5.78 Å². The molecule has 2 saturated carbocycles. The first kappa shape index (κ1) is 25.0. The van der Waals surface area contributed by atoms with Crippen LogP contribution in [-0.4, -0.2) is 71.5 Å². The molecule has 0 radical (unpaired) electrons. The molecule has 0 saturated heterocycles. The van der Waals surface area contributed by atoms with Crippen molar-refractivity contribution in [1.82, 2.24) is 0 Å². The minimum Gasteiger partial charge on any atom is -0.390 e. The van der Waals surface area contributed by atoms with Crippen molar-refractivity contribution < 1.29 is 35.4 Å². The zero-order valence-electron chi connectivity index (χ0n) is 20.4. The van der Waals surface area contributed by atoms with Gasteiger partial charge in [-0.3, -0.25) is 4.79 Å². The Bertz CT molecular complexity index is 906. The minimum absolute atomic E-state index is 0.000616. The molecular formula is C26H40O7. The highest BCUT2D eigenvalue weighted by molar-refractivity contribution is 6.02. The number of aliphatic hydroxyl groups excluding tert-OH is 3. The van der Waals surface area contributed by atoms with Crippen molar-refractivity contribution in [1.29, 1.82) is 0 Å². The van der Waals surface area contributed by atoms with Crippen LogP contribution in [0.3, 0.4) is 0 Å². The van der Waals surface area contributed by atoms with Crippen LogP contribution in [0.25, 0.3) is 0 Å².